The van der Waals surface area contributed by atoms with Crippen LogP contribution in [-0.2, 0) is 11.2 Å². The SMILES string of the molecule is Cc1ccc(CC(=O)N2CC[C@H](Oc3nnc(Cl)cc3C(N)=O)[C@H](F)C2)cc1. The zero-order valence-corrected chi connectivity index (χ0v) is 16.0. The van der Waals surface area contributed by atoms with Crippen molar-refractivity contribution in [2.24, 2.45) is 5.73 Å². The number of piperidine rings is 1. The van der Waals surface area contributed by atoms with Gasteiger partial charge in [-0.15, -0.1) is 10.2 Å². The summed E-state index contributed by atoms with van der Waals surface area (Å²) in [6.07, 6.45) is -1.83. The van der Waals surface area contributed by atoms with E-state index in [0.717, 1.165) is 11.1 Å². The lowest BCUT2D eigenvalue weighted by Crippen LogP contribution is -2.49. The van der Waals surface area contributed by atoms with Crippen LogP contribution >= 0.6 is 11.6 Å². The Morgan fingerprint density at radius 3 is 2.68 bits per heavy atom. The molecule has 3 rings (SSSR count). The van der Waals surface area contributed by atoms with Gasteiger partial charge in [0.15, 0.2) is 11.3 Å². The molecule has 1 aromatic heterocycles. The van der Waals surface area contributed by atoms with Crippen LogP contribution in [0.5, 0.6) is 5.88 Å². The van der Waals surface area contributed by atoms with Crippen molar-refractivity contribution in [3.05, 3.63) is 52.2 Å². The lowest BCUT2D eigenvalue weighted by atomic mass is 10.0. The number of nitrogens with zero attached hydrogens (tertiary/aromatic N) is 3. The van der Waals surface area contributed by atoms with E-state index in [1.54, 1.807) is 0 Å². The Hall–Kier alpha value is -2.74. The molecule has 148 valence electrons. The first-order chi connectivity index (χ1) is 13.3. The molecule has 28 heavy (non-hydrogen) atoms. The van der Waals surface area contributed by atoms with E-state index in [2.05, 4.69) is 10.2 Å². The van der Waals surface area contributed by atoms with Gasteiger partial charge in [-0.2, -0.15) is 0 Å². The number of carbonyl (C=O) groups excluding carboxylic acids is 2. The minimum Gasteiger partial charge on any atom is -0.469 e. The van der Waals surface area contributed by atoms with E-state index in [9.17, 15) is 14.0 Å². The molecule has 2 amide bonds. The van der Waals surface area contributed by atoms with Gasteiger partial charge in [-0.1, -0.05) is 41.4 Å². The summed E-state index contributed by atoms with van der Waals surface area (Å²) < 4.78 is 20.2. The van der Waals surface area contributed by atoms with Crippen molar-refractivity contribution in [2.45, 2.75) is 32.0 Å². The molecule has 2 aromatic rings. The summed E-state index contributed by atoms with van der Waals surface area (Å²) in [5.41, 5.74) is 7.20. The van der Waals surface area contributed by atoms with Crippen LogP contribution in [0.2, 0.25) is 5.15 Å². The van der Waals surface area contributed by atoms with Gasteiger partial charge in [0, 0.05) is 13.0 Å². The number of ether oxygens (including phenoxy) is 1. The Morgan fingerprint density at radius 1 is 1.32 bits per heavy atom. The molecule has 0 radical (unpaired) electrons. The van der Waals surface area contributed by atoms with Gasteiger partial charge in [0.25, 0.3) is 5.91 Å². The van der Waals surface area contributed by atoms with Crippen LogP contribution in [-0.4, -0.2) is 52.3 Å². The number of benzene rings is 1. The first-order valence-electron chi connectivity index (χ1n) is 8.80. The van der Waals surface area contributed by atoms with Crippen molar-refractivity contribution in [1.29, 1.82) is 0 Å². The lowest BCUT2D eigenvalue weighted by Gasteiger charge is -2.34. The van der Waals surface area contributed by atoms with Crippen LogP contribution in [0.1, 0.15) is 27.9 Å². The number of primary amides is 1. The molecule has 2 heterocycles. The van der Waals surface area contributed by atoms with Crippen molar-refractivity contribution < 1.29 is 18.7 Å². The molecular formula is C19H20ClFN4O3. The van der Waals surface area contributed by atoms with Gasteiger partial charge < -0.3 is 15.4 Å². The average Bonchev–Trinajstić information content (AvgIpc) is 2.66. The van der Waals surface area contributed by atoms with E-state index < -0.39 is 18.2 Å². The number of amides is 2. The summed E-state index contributed by atoms with van der Waals surface area (Å²) in [6.45, 7) is 2.21. The van der Waals surface area contributed by atoms with Gasteiger partial charge in [0.2, 0.25) is 11.8 Å². The summed E-state index contributed by atoms with van der Waals surface area (Å²) in [5.74, 6) is -1.11. The number of likely N-dealkylation sites (tertiary alicyclic amines) is 1. The molecule has 1 aliphatic rings. The number of hydrogen-bond donors (Lipinski definition) is 1. The highest BCUT2D eigenvalue weighted by Gasteiger charge is 2.34. The maximum absolute atomic E-state index is 14.6. The fourth-order valence-electron chi connectivity index (χ4n) is 3.00. The smallest absolute Gasteiger partial charge is 0.254 e. The Bertz CT molecular complexity index is 878. The van der Waals surface area contributed by atoms with E-state index in [1.165, 1.54) is 11.0 Å². The lowest BCUT2D eigenvalue weighted by molar-refractivity contribution is -0.134. The molecule has 0 unspecified atom stereocenters. The monoisotopic (exact) mass is 406 g/mol. The largest absolute Gasteiger partial charge is 0.469 e. The summed E-state index contributed by atoms with van der Waals surface area (Å²) in [7, 11) is 0. The summed E-state index contributed by atoms with van der Waals surface area (Å²) in [6, 6.07) is 8.87. The number of hydrogen-bond acceptors (Lipinski definition) is 5. The highest BCUT2D eigenvalue weighted by atomic mass is 35.5. The topological polar surface area (TPSA) is 98.4 Å². The van der Waals surface area contributed by atoms with Crippen LogP contribution in [0, 0.1) is 6.92 Å². The number of aryl methyl sites for hydroxylation is 1. The van der Waals surface area contributed by atoms with Gasteiger partial charge in [0.05, 0.1) is 13.0 Å². The standard InChI is InChI=1S/C19H20ClFN4O3/c1-11-2-4-12(5-3-11)8-17(26)25-7-6-15(14(21)10-25)28-19-13(18(22)27)9-16(20)23-24-19/h2-5,9,14-15H,6-8,10H2,1H3,(H2,22,27)/t14-,15+/m1/s1. The first-order valence-corrected chi connectivity index (χ1v) is 9.18. The molecule has 2 atom stereocenters. The molecule has 1 saturated heterocycles. The minimum absolute atomic E-state index is 0.0190. The van der Waals surface area contributed by atoms with Gasteiger partial charge in [-0.3, -0.25) is 9.59 Å². The Labute approximate surface area is 166 Å². The Morgan fingerprint density at radius 2 is 2.04 bits per heavy atom. The molecule has 1 aliphatic heterocycles. The highest BCUT2D eigenvalue weighted by molar-refractivity contribution is 6.29. The fourth-order valence-corrected chi connectivity index (χ4v) is 3.15. The van der Waals surface area contributed by atoms with Crippen LogP contribution in [0.3, 0.4) is 0 Å². The van der Waals surface area contributed by atoms with Crippen molar-refractivity contribution >= 4 is 23.4 Å². The van der Waals surface area contributed by atoms with E-state index >= 15 is 0 Å². The molecule has 0 saturated carbocycles. The third-order valence-corrected chi connectivity index (χ3v) is 4.75. The fraction of sp³-hybridized carbons (Fsp3) is 0.368. The van der Waals surface area contributed by atoms with E-state index in [-0.39, 0.29) is 41.9 Å². The van der Waals surface area contributed by atoms with Gasteiger partial charge in [-0.25, -0.2) is 4.39 Å². The number of nitrogens with two attached hydrogens (primary N) is 1. The molecule has 2 N–H and O–H groups in total. The molecule has 7 nitrogen and oxygen atoms in total. The number of alkyl halides is 1. The van der Waals surface area contributed by atoms with Crippen LogP contribution < -0.4 is 10.5 Å². The highest BCUT2D eigenvalue weighted by Crippen LogP contribution is 2.24. The van der Waals surface area contributed by atoms with Crippen molar-refractivity contribution in [3.8, 4) is 5.88 Å². The van der Waals surface area contributed by atoms with Crippen LogP contribution in [0.25, 0.3) is 0 Å². The summed E-state index contributed by atoms with van der Waals surface area (Å²) >= 11 is 5.71. The number of halogens is 2. The van der Waals surface area contributed by atoms with E-state index in [4.69, 9.17) is 22.1 Å². The molecule has 1 fully saturated rings. The number of aromatic nitrogens is 2. The van der Waals surface area contributed by atoms with Crippen LogP contribution in [0.15, 0.2) is 30.3 Å². The molecule has 9 heteroatoms. The summed E-state index contributed by atoms with van der Waals surface area (Å²) in [4.78, 5) is 25.4. The van der Waals surface area contributed by atoms with Gasteiger partial charge >= 0.3 is 0 Å². The van der Waals surface area contributed by atoms with E-state index in [1.807, 2.05) is 31.2 Å². The van der Waals surface area contributed by atoms with Crippen LogP contribution in [0.4, 0.5) is 4.39 Å². The second kappa shape index (κ2) is 8.52. The second-order valence-corrected chi connectivity index (χ2v) is 7.10. The van der Waals surface area contributed by atoms with Gasteiger partial charge in [0.1, 0.15) is 11.7 Å². The zero-order valence-electron chi connectivity index (χ0n) is 15.3. The third-order valence-electron chi connectivity index (χ3n) is 4.57. The molecular weight excluding hydrogens is 387 g/mol. The second-order valence-electron chi connectivity index (χ2n) is 6.71. The summed E-state index contributed by atoms with van der Waals surface area (Å²) in [5, 5.41) is 7.28. The Kier molecular flexibility index (Phi) is 6.08. The average molecular weight is 407 g/mol. The zero-order chi connectivity index (χ0) is 20.3. The molecule has 0 bridgehead atoms. The molecule has 0 spiro atoms. The van der Waals surface area contributed by atoms with Gasteiger partial charge in [-0.05, 0) is 18.6 Å². The first kappa shape index (κ1) is 20.0. The maximum Gasteiger partial charge on any atom is 0.254 e. The predicted molar refractivity (Wildman–Crippen MR) is 101 cm³/mol. The quantitative estimate of drug-likeness (QED) is 0.819. The number of rotatable bonds is 5. The predicted octanol–water partition coefficient (Wildman–Crippen LogP) is 2.10. The third kappa shape index (κ3) is 4.75. The molecule has 0 aliphatic carbocycles. The van der Waals surface area contributed by atoms with Crippen molar-refractivity contribution in [1.82, 2.24) is 15.1 Å². The number of carbonyl (C=O) groups is 2. The van der Waals surface area contributed by atoms with Crippen molar-refractivity contribution in [2.75, 3.05) is 13.1 Å². The van der Waals surface area contributed by atoms with E-state index in [0.29, 0.717) is 6.54 Å². The van der Waals surface area contributed by atoms with Crippen molar-refractivity contribution in [3.63, 3.8) is 0 Å². The minimum atomic E-state index is -1.44. The normalized spacial score (nSPS) is 19.3. The Balaban J connectivity index is 1.61. The molecule has 1 aromatic carbocycles. The maximum atomic E-state index is 14.6.